The second-order valence-electron chi connectivity index (χ2n) is 8.71. The molecule has 5 nitrogen and oxygen atoms in total. The molecule has 2 N–H and O–H groups in total. The largest absolute Gasteiger partial charge is 0.504 e. The second kappa shape index (κ2) is 6.39. The maximum atomic E-state index is 11.4. The van der Waals surface area contributed by atoms with Gasteiger partial charge in [-0.1, -0.05) is 38.8 Å². The number of benzene rings is 1. The smallest absolute Gasteiger partial charge is 0.163 e. The summed E-state index contributed by atoms with van der Waals surface area (Å²) in [6.07, 6.45) is 4.16. The van der Waals surface area contributed by atoms with Crippen LogP contribution in [0, 0.1) is 10.8 Å². The molecule has 4 bridgehead atoms. The molecule has 0 radical (unpaired) electrons. The van der Waals surface area contributed by atoms with Gasteiger partial charge in [0.2, 0.25) is 0 Å². The van der Waals surface area contributed by atoms with Crippen LogP contribution in [0.3, 0.4) is 0 Å². The van der Waals surface area contributed by atoms with Gasteiger partial charge < -0.3 is 14.9 Å². The molecule has 0 amide bonds. The van der Waals surface area contributed by atoms with Crippen molar-refractivity contribution < 1.29 is 14.9 Å². The van der Waals surface area contributed by atoms with Gasteiger partial charge in [-0.3, -0.25) is 9.80 Å². The highest BCUT2D eigenvalue weighted by molar-refractivity contribution is 5.47. The quantitative estimate of drug-likeness (QED) is 0.817. The average molecular weight is 360 g/mol. The van der Waals surface area contributed by atoms with Crippen molar-refractivity contribution in [1.29, 1.82) is 0 Å². The molecule has 0 aliphatic carbocycles. The number of ether oxygens (including phenoxy) is 1. The predicted molar refractivity (Wildman–Crippen MR) is 101 cm³/mol. The Balaban J connectivity index is 1.74. The predicted octanol–water partition coefficient (Wildman–Crippen LogP) is 2.98. The van der Waals surface area contributed by atoms with Crippen LogP contribution in [0.4, 0.5) is 0 Å². The summed E-state index contributed by atoms with van der Waals surface area (Å²) in [7, 11) is 1.60. The van der Waals surface area contributed by atoms with E-state index in [1.54, 1.807) is 13.2 Å². The summed E-state index contributed by atoms with van der Waals surface area (Å²) in [4.78, 5) is 5.00. The number of hydrogen-bond acceptors (Lipinski definition) is 5. The number of methoxy groups -OCH3 is 1. The molecule has 0 aromatic heterocycles. The number of aliphatic hydroxyl groups excluding tert-OH is 1. The number of aromatic hydroxyl groups is 1. The maximum absolute atomic E-state index is 11.4. The van der Waals surface area contributed by atoms with Gasteiger partial charge in [0, 0.05) is 42.6 Å². The van der Waals surface area contributed by atoms with Crippen LogP contribution >= 0.6 is 0 Å². The van der Waals surface area contributed by atoms with E-state index in [1.807, 2.05) is 12.1 Å². The third kappa shape index (κ3) is 2.40. The molecular formula is C21H32N2O3. The Labute approximate surface area is 156 Å². The summed E-state index contributed by atoms with van der Waals surface area (Å²) < 4.78 is 5.34. The lowest BCUT2D eigenvalue weighted by atomic mass is 9.56. The number of piperidine rings is 2. The monoisotopic (exact) mass is 360 g/mol. The SMILES string of the molecule is CCCC12CN3CC(CCC)(CN(C1)C3c1cccc(OC)c1O)C2O. The van der Waals surface area contributed by atoms with E-state index < -0.39 is 0 Å². The summed E-state index contributed by atoms with van der Waals surface area (Å²) in [5.41, 5.74) is 0.854. The van der Waals surface area contributed by atoms with E-state index in [1.165, 1.54) is 0 Å². The first-order chi connectivity index (χ1) is 12.5. The van der Waals surface area contributed by atoms with E-state index in [-0.39, 0.29) is 28.8 Å². The number of phenolic OH excluding ortho intramolecular Hbond substituents is 1. The normalized spacial score (nSPS) is 40.8. The highest BCUT2D eigenvalue weighted by atomic mass is 16.5. The molecule has 0 unspecified atom stereocenters. The van der Waals surface area contributed by atoms with Gasteiger partial charge in [-0.05, 0) is 18.9 Å². The van der Waals surface area contributed by atoms with Crippen molar-refractivity contribution in [2.45, 2.75) is 51.8 Å². The van der Waals surface area contributed by atoms with Gasteiger partial charge in [-0.2, -0.15) is 0 Å². The molecule has 4 aliphatic heterocycles. The maximum Gasteiger partial charge on any atom is 0.163 e. The molecule has 0 spiro atoms. The van der Waals surface area contributed by atoms with Crippen LogP contribution in [0.1, 0.15) is 51.3 Å². The highest BCUT2D eigenvalue weighted by Gasteiger charge is 2.64. The first kappa shape index (κ1) is 18.1. The molecule has 0 saturated carbocycles. The van der Waals surface area contributed by atoms with Gasteiger partial charge in [0.05, 0.1) is 19.4 Å². The van der Waals surface area contributed by atoms with Gasteiger partial charge >= 0.3 is 0 Å². The van der Waals surface area contributed by atoms with Crippen molar-refractivity contribution >= 4 is 0 Å². The minimum absolute atomic E-state index is 0.0363. The zero-order valence-corrected chi connectivity index (χ0v) is 16.2. The van der Waals surface area contributed by atoms with Gasteiger partial charge in [-0.25, -0.2) is 0 Å². The van der Waals surface area contributed by atoms with Crippen LogP contribution in [-0.4, -0.2) is 59.4 Å². The Bertz CT molecular complexity index is 635. The standard InChI is InChI=1S/C21H32N2O3/c1-4-9-20-11-22-13-21(10-5-2,19(20)25)14-23(12-20)18(22)15-7-6-8-16(26-3)17(15)24/h6-8,18-19,24-25H,4-5,9-14H2,1-3H3. The Kier molecular flexibility index (Phi) is 4.45. The molecular weight excluding hydrogens is 328 g/mol. The minimum atomic E-state index is -0.220. The first-order valence-corrected chi connectivity index (χ1v) is 10.0. The molecule has 4 saturated heterocycles. The van der Waals surface area contributed by atoms with E-state index >= 15 is 0 Å². The average Bonchev–Trinajstić information content (AvgIpc) is 2.60. The van der Waals surface area contributed by atoms with Gasteiger partial charge in [0.25, 0.3) is 0 Å². The van der Waals surface area contributed by atoms with Crippen molar-refractivity contribution in [1.82, 2.24) is 9.80 Å². The summed E-state index contributed by atoms with van der Waals surface area (Å²) >= 11 is 0. The van der Waals surface area contributed by atoms with Crippen molar-refractivity contribution in [3.63, 3.8) is 0 Å². The molecule has 4 aliphatic rings. The second-order valence-corrected chi connectivity index (χ2v) is 8.71. The van der Waals surface area contributed by atoms with Crippen LogP contribution in [0.25, 0.3) is 0 Å². The van der Waals surface area contributed by atoms with Crippen LogP contribution < -0.4 is 4.74 Å². The van der Waals surface area contributed by atoms with E-state index in [9.17, 15) is 10.2 Å². The number of rotatable bonds is 6. The van der Waals surface area contributed by atoms with Gasteiger partial charge in [0.15, 0.2) is 11.5 Å². The lowest BCUT2D eigenvalue weighted by Crippen LogP contribution is -2.78. The number of nitrogens with zero attached hydrogens (tertiary/aromatic N) is 2. The third-order valence-corrected chi connectivity index (χ3v) is 6.95. The van der Waals surface area contributed by atoms with Crippen LogP contribution in [0.2, 0.25) is 0 Å². The highest BCUT2D eigenvalue weighted by Crippen LogP contribution is 2.58. The number of aliphatic hydroxyl groups is 1. The van der Waals surface area contributed by atoms with E-state index in [0.29, 0.717) is 5.75 Å². The van der Waals surface area contributed by atoms with E-state index in [0.717, 1.165) is 57.4 Å². The first-order valence-electron chi connectivity index (χ1n) is 10.0. The third-order valence-electron chi connectivity index (χ3n) is 6.95. The topological polar surface area (TPSA) is 56.2 Å². The number of phenols is 1. The molecule has 5 heteroatoms. The zero-order chi connectivity index (χ0) is 18.5. The Morgan fingerprint density at radius 3 is 2.04 bits per heavy atom. The molecule has 26 heavy (non-hydrogen) atoms. The minimum Gasteiger partial charge on any atom is -0.504 e. The van der Waals surface area contributed by atoms with Crippen LogP contribution in [-0.2, 0) is 0 Å². The van der Waals surface area contributed by atoms with Crippen molar-refractivity contribution in [2.24, 2.45) is 10.8 Å². The fourth-order valence-corrected chi connectivity index (χ4v) is 6.29. The van der Waals surface area contributed by atoms with E-state index in [2.05, 4.69) is 23.6 Å². The number of para-hydroxylation sites is 1. The Hall–Kier alpha value is -1.30. The van der Waals surface area contributed by atoms with Gasteiger partial charge in [0.1, 0.15) is 0 Å². The molecule has 0 atom stereocenters. The molecule has 1 aromatic rings. The summed E-state index contributed by atoms with van der Waals surface area (Å²) in [6, 6.07) is 5.78. The molecule has 144 valence electrons. The van der Waals surface area contributed by atoms with Crippen molar-refractivity contribution in [3.8, 4) is 11.5 Å². The zero-order valence-electron chi connectivity index (χ0n) is 16.2. The fraction of sp³-hybridized carbons (Fsp3) is 0.714. The van der Waals surface area contributed by atoms with Crippen LogP contribution in [0.15, 0.2) is 18.2 Å². The number of hydrogen-bond donors (Lipinski definition) is 2. The van der Waals surface area contributed by atoms with Crippen molar-refractivity contribution in [3.05, 3.63) is 23.8 Å². The fourth-order valence-electron chi connectivity index (χ4n) is 6.29. The Morgan fingerprint density at radius 2 is 1.58 bits per heavy atom. The molecule has 4 heterocycles. The van der Waals surface area contributed by atoms with E-state index in [4.69, 9.17) is 4.74 Å². The lowest BCUT2D eigenvalue weighted by Gasteiger charge is -2.70. The van der Waals surface area contributed by atoms with Gasteiger partial charge in [-0.15, -0.1) is 0 Å². The van der Waals surface area contributed by atoms with Crippen molar-refractivity contribution in [2.75, 3.05) is 33.3 Å². The lowest BCUT2D eigenvalue weighted by molar-refractivity contribution is -0.268. The summed E-state index contributed by atoms with van der Waals surface area (Å²) in [5, 5.41) is 22.1. The molecule has 4 fully saturated rings. The summed E-state index contributed by atoms with van der Waals surface area (Å²) in [5.74, 6) is 0.785. The molecule has 1 aromatic carbocycles. The Morgan fingerprint density at radius 1 is 1.04 bits per heavy atom. The summed E-state index contributed by atoms with van der Waals surface area (Å²) in [6.45, 7) is 8.06. The van der Waals surface area contributed by atoms with Crippen LogP contribution in [0.5, 0.6) is 11.5 Å². The molecule has 5 rings (SSSR count).